The number of hydrogen-bond donors (Lipinski definition) is 1. The van der Waals surface area contributed by atoms with Crippen LogP contribution in [0.3, 0.4) is 0 Å². The van der Waals surface area contributed by atoms with Crippen LogP contribution in [0.25, 0.3) is 6.08 Å². The van der Waals surface area contributed by atoms with Gasteiger partial charge in [0.1, 0.15) is 6.10 Å². The first-order valence-electron chi connectivity index (χ1n) is 7.07. The molecule has 2 aliphatic rings. The number of benzene rings is 2. The van der Waals surface area contributed by atoms with E-state index in [1.165, 1.54) is 0 Å². The predicted molar refractivity (Wildman–Crippen MR) is 80.6 cm³/mol. The molecule has 2 unspecified atom stereocenters. The van der Waals surface area contributed by atoms with E-state index in [9.17, 15) is 9.59 Å². The molecule has 2 aromatic carbocycles. The lowest BCUT2D eigenvalue weighted by atomic mass is 9.96. The van der Waals surface area contributed by atoms with Crippen molar-refractivity contribution in [2.24, 2.45) is 0 Å². The monoisotopic (exact) mass is 291 g/mol. The summed E-state index contributed by atoms with van der Waals surface area (Å²) in [6.45, 7) is 0. The van der Waals surface area contributed by atoms with Crippen molar-refractivity contribution in [2.45, 2.75) is 11.7 Å². The summed E-state index contributed by atoms with van der Waals surface area (Å²) in [5.41, 5.74) is 0.615. The average molecular weight is 291 g/mol. The van der Waals surface area contributed by atoms with Gasteiger partial charge in [0.05, 0.1) is 5.70 Å². The van der Waals surface area contributed by atoms with Crippen LogP contribution in [0.2, 0.25) is 0 Å². The molecule has 2 fully saturated rings. The van der Waals surface area contributed by atoms with Gasteiger partial charge in [-0.15, -0.1) is 0 Å². The van der Waals surface area contributed by atoms with Crippen LogP contribution in [-0.2, 0) is 14.3 Å². The van der Waals surface area contributed by atoms with E-state index in [1.807, 2.05) is 60.7 Å². The quantitative estimate of drug-likeness (QED) is 0.524. The number of ether oxygens (including phenoxy) is 1. The number of hydrogen-bond acceptors (Lipinski definition) is 3. The van der Waals surface area contributed by atoms with Gasteiger partial charge in [-0.25, -0.2) is 0 Å². The van der Waals surface area contributed by atoms with E-state index in [-0.39, 0.29) is 17.4 Å². The first-order valence-corrected chi connectivity index (χ1v) is 7.07. The van der Waals surface area contributed by atoms with Gasteiger partial charge in [0.15, 0.2) is 0 Å². The topological polar surface area (TPSA) is 58.7 Å². The molecule has 0 bridgehead atoms. The third-order valence-corrected chi connectivity index (χ3v) is 4.00. The minimum atomic E-state index is -1.37. The van der Waals surface area contributed by atoms with Gasteiger partial charge in [-0.3, -0.25) is 9.59 Å². The van der Waals surface area contributed by atoms with Crippen LogP contribution in [-0.4, -0.2) is 17.3 Å². The molecule has 108 valence electrons. The highest BCUT2D eigenvalue weighted by Gasteiger charge is 2.72. The van der Waals surface area contributed by atoms with Gasteiger partial charge in [-0.2, -0.15) is 0 Å². The zero-order chi connectivity index (χ0) is 15.2. The first kappa shape index (κ1) is 13.0. The molecule has 4 rings (SSSR count). The molecule has 4 heteroatoms. The summed E-state index contributed by atoms with van der Waals surface area (Å²) in [6.07, 6.45) is 1.18. The maximum Gasteiger partial charge on any atom is 0.268 e. The third-order valence-electron chi connectivity index (χ3n) is 4.00. The molecule has 1 spiro atoms. The van der Waals surface area contributed by atoms with Crippen molar-refractivity contribution in [3.63, 3.8) is 0 Å². The molecule has 22 heavy (non-hydrogen) atoms. The Morgan fingerprint density at radius 3 is 2.27 bits per heavy atom. The lowest BCUT2D eigenvalue weighted by Crippen LogP contribution is -2.30. The van der Waals surface area contributed by atoms with Crippen molar-refractivity contribution in [1.29, 1.82) is 0 Å². The van der Waals surface area contributed by atoms with Crippen molar-refractivity contribution < 1.29 is 14.3 Å². The number of carbonyl (C=O) groups excluding carboxylic acids is 2. The summed E-state index contributed by atoms with van der Waals surface area (Å²) in [7, 11) is 0. The molecule has 0 aliphatic carbocycles. The van der Waals surface area contributed by atoms with Crippen LogP contribution in [0.4, 0.5) is 0 Å². The Bertz CT molecular complexity index is 782. The van der Waals surface area contributed by atoms with E-state index in [0.717, 1.165) is 11.1 Å². The maximum absolute atomic E-state index is 12.6. The Balaban J connectivity index is 1.66. The normalized spacial score (nSPS) is 28.2. The number of ketones is 1. The minimum absolute atomic E-state index is 0.287. The summed E-state index contributed by atoms with van der Waals surface area (Å²) in [6, 6.07) is 18.7. The number of nitrogens with one attached hydrogen (secondary N) is 1. The van der Waals surface area contributed by atoms with E-state index in [0.29, 0.717) is 0 Å². The Labute approximate surface area is 127 Å². The van der Waals surface area contributed by atoms with Gasteiger partial charge in [-0.1, -0.05) is 60.7 Å². The maximum atomic E-state index is 12.6. The SMILES string of the molecule is O=C1N/C(=C\c2ccccc2)C(=O)C12OC2c1ccccc1. The van der Waals surface area contributed by atoms with Crippen LogP contribution < -0.4 is 5.32 Å². The van der Waals surface area contributed by atoms with E-state index >= 15 is 0 Å². The van der Waals surface area contributed by atoms with Gasteiger partial charge < -0.3 is 10.1 Å². The van der Waals surface area contributed by atoms with Crippen molar-refractivity contribution in [3.8, 4) is 0 Å². The second-order valence-corrected chi connectivity index (χ2v) is 5.40. The molecular weight excluding hydrogens is 278 g/mol. The molecule has 2 aromatic rings. The minimum Gasteiger partial charge on any atom is -0.343 e. The molecule has 2 saturated heterocycles. The highest BCUT2D eigenvalue weighted by atomic mass is 16.6. The van der Waals surface area contributed by atoms with Gasteiger partial charge >= 0.3 is 0 Å². The summed E-state index contributed by atoms with van der Waals surface area (Å²) in [4.78, 5) is 24.9. The van der Waals surface area contributed by atoms with E-state index in [1.54, 1.807) is 6.08 Å². The van der Waals surface area contributed by atoms with E-state index < -0.39 is 11.7 Å². The standard InChI is InChI=1S/C18H13NO3/c20-15-14(11-12-7-3-1-4-8-12)19-17(21)18(15)16(22-18)13-9-5-2-6-10-13/h1-11,16H,(H,19,21)/b14-11-. The fraction of sp³-hybridized carbons (Fsp3) is 0.111. The van der Waals surface area contributed by atoms with Crippen LogP contribution in [0.15, 0.2) is 66.4 Å². The summed E-state index contributed by atoms with van der Waals surface area (Å²) in [5.74, 6) is -0.677. The fourth-order valence-electron chi connectivity index (χ4n) is 2.82. The molecule has 2 aliphatic heterocycles. The Morgan fingerprint density at radius 1 is 0.955 bits per heavy atom. The number of amides is 1. The smallest absolute Gasteiger partial charge is 0.268 e. The number of Topliss-reactive ketones (excluding diaryl/α,β-unsaturated/α-hetero) is 1. The fourth-order valence-corrected chi connectivity index (χ4v) is 2.82. The zero-order valence-electron chi connectivity index (χ0n) is 11.7. The number of epoxide rings is 1. The van der Waals surface area contributed by atoms with Gasteiger partial charge in [0.25, 0.3) is 5.91 Å². The molecule has 2 heterocycles. The molecule has 1 amide bonds. The second-order valence-electron chi connectivity index (χ2n) is 5.40. The molecule has 1 N–H and O–H groups in total. The van der Waals surface area contributed by atoms with Gasteiger partial charge in [-0.05, 0) is 17.2 Å². The highest BCUT2D eigenvalue weighted by molar-refractivity contribution is 6.27. The van der Waals surface area contributed by atoms with Crippen LogP contribution >= 0.6 is 0 Å². The second kappa shape index (κ2) is 4.64. The zero-order valence-corrected chi connectivity index (χ0v) is 11.7. The van der Waals surface area contributed by atoms with Crippen LogP contribution in [0.5, 0.6) is 0 Å². The molecule has 0 saturated carbocycles. The average Bonchev–Trinajstić information content (AvgIpc) is 3.27. The van der Waals surface area contributed by atoms with E-state index in [2.05, 4.69) is 5.32 Å². The third kappa shape index (κ3) is 1.81. The Morgan fingerprint density at radius 2 is 1.59 bits per heavy atom. The summed E-state index contributed by atoms with van der Waals surface area (Å²) < 4.78 is 5.54. The number of rotatable bonds is 2. The molecule has 4 nitrogen and oxygen atoms in total. The van der Waals surface area contributed by atoms with E-state index in [4.69, 9.17) is 4.74 Å². The molecular formula is C18H13NO3. The van der Waals surface area contributed by atoms with Gasteiger partial charge in [0.2, 0.25) is 11.4 Å². The molecule has 0 radical (unpaired) electrons. The highest BCUT2D eigenvalue weighted by Crippen LogP contribution is 2.53. The van der Waals surface area contributed by atoms with Crippen molar-refractivity contribution in [1.82, 2.24) is 5.32 Å². The molecule has 0 aromatic heterocycles. The summed E-state index contributed by atoms with van der Waals surface area (Å²) in [5, 5.41) is 2.65. The lowest BCUT2D eigenvalue weighted by molar-refractivity contribution is -0.128. The van der Waals surface area contributed by atoms with Crippen LogP contribution in [0.1, 0.15) is 17.2 Å². The van der Waals surface area contributed by atoms with Crippen molar-refractivity contribution >= 4 is 17.8 Å². The van der Waals surface area contributed by atoms with Gasteiger partial charge in [0, 0.05) is 0 Å². The number of carbonyl (C=O) groups is 2. The van der Waals surface area contributed by atoms with Crippen molar-refractivity contribution in [3.05, 3.63) is 77.5 Å². The molecule has 2 atom stereocenters. The Kier molecular flexibility index (Phi) is 2.74. The van der Waals surface area contributed by atoms with Crippen LogP contribution in [0, 0.1) is 0 Å². The Hall–Kier alpha value is -2.72. The first-order chi connectivity index (χ1) is 10.7. The summed E-state index contributed by atoms with van der Waals surface area (Å²) >= 11 is 0. The predicted octanol–water partition coefficient (Wildman–Crippen LogP) is 2.24. The van der Waals surface area contributed by atoms with Crippen molar-refractivity contribution in [2.75, 3.05) is 0 Å². The lowest BCUT2D eigenvalue weighted by Gasteiger charge is -1.98. The largest absolute Gasteiger partial charge is 0.343 e.